The summed E-state index contributed by atoms with van der Waals surface area (Å²) in [6, 6.07) is 3.70. The monoisotopic (exact) mass is 448 g/mol. The molecule has 2 fully saturated rings. The smallest absolute Gasteiger partial charge is 0.324 e. The molecule has 2 atom stereocenters. The van der Waals surface area contributed by atoms with Crippen molar-refractivity contribution in [1.29, 1.82) is 0 Å². The molecule has 9 nitrogen and oxygen atoms in total. The van der Waals surface area contributed by atoms with Gasteiger partial charge >= 0.3 is 6.01 Å². The van der Waals surface area contributed by atoms with Crippen LogP contribution < -0.4 is 9.64 Å². The third kappa shape index (κ3) is 5.61. The first-order valence-corrected chi connectivity index (χ1v) is 12.6. The van der Waals surface area contributed by atoms with E-state index in [1.54, 1.807) is 6.07 Å². The average molecular weight is 449 g/mol. The minimum absolute atomic E-state index is 0.200. The van der Waals surface area contributed by atoms with Gasteiger partial charge in [0.25, 0.3) is 0 Å². The molecule has 2 aliphatic rings. The zero-order valence-corrected chi connectivity index (χ0v) is 18.5. The molecule has 0 radical (unpaired) electrons. The van der Waals surface area contributed by atoms with Gasteiger partial charge in [0.15, 0.2) is 15.7 Å². The molecule has 0 N–H and O–H groups in total. The second-order valence-electron chi connectivity index (χ2n) is 8.42. The largest absolute Gasteiger partial charge is 0.478 e. The standard InChI is InChI=1S/C21H28N4O5S/c1-31(27,28)17-4-5-20(22-14-17)29-12-8-16-13-18(16)15-6-9-25(10-7-15)21-23-19(24-30-21)3-2-11-26/h4-5,11,14-16,18H,2-3,6-10,12-13H2,1H3/t16?,18-/m1/s1. The van der Waals surface area contributed by atoms with Gasteiger partial charge in [-0.15, -0.1) is 0 Å². The van der Waals surface area contributed by atoms with Crippen LogP contribution in [0.4, 0.5) is 6.01 Å². The summed E-state index contributed by atoms with van der Waals surface area (Å²) in [6.07, 6.45) is 8.76. The molecule has 1 saturated carbocycles. The SMILES string of the molecule is CS(=O)(=O)c1ccc(OCCC2C[C@@H]2C2CCN(c3nc(CCC=O)no3)CC2)nc1. The van der Waals surface area contributed by atoms with Gasteiger partial charge in [-0.25, -0.2) is 13.4 Å². The summed E-state index contributed by atoms with van der Waals surface area (Å²) >= 11 is 0. The van der Waals surface area contributed by atoms with E-state index in [2.05, 4.69) is 20.0 Å². The van der Waals surface area contributed by atoms with Crippen LogP contribution in [0.25, 0.3) is 0 Å². The third-order valence-electron chi connectivity index (χ3n) is 6.21. The summed E-state index contributed by atoms with van der Waals surface area (Å²) in [4.78, 5) is 21.3. The first-order chi connectivity index (χ1) is 14.9. The van der Waals surface area contributed by atoms with Crippen molar-refractivity contribution < 1.29 is 22.5 Å². The molecule has 1 aliphatic carbocycles. The van der Waals surface area contributed by atoms with Crippen molar-refractivity contribution >= 4 is 22.1 Å². The fraction of sp³-hybridized carbons (Fsp3) is 0.619. The minimum Gasteiger partial charge on any atom is -0.478 e. The highest BCUT2D eigenvalue weighted by atomic mass is 32.2. The summed E-state index contributed by atoms with van der Waals surface area (Å²) in [7, 11) is -3.24. The van der Waals surface area contributed by atoms with Crippen molar-refractivity contribution in [1.82, 2.24) is 15.1 Å². The number of piperidine rings is 1. The summed E-state index contributed by atoms with van der Waals surface area (Å²) in [5.41, 5.74) is 0. The molecule has 10 heteroatoms. The first-order valence-electron chi connectivity index (χ1n) is 10.7. The van der Waals surface area contributed by atoms with Crippen molar-refractivity contribution in [3.8, 4) is 5.88 Å². The number of carbonyl (C=O) groups excluding carboxylic acids is 1. The van der Waals surface area contributed by atoms with Crippen LogP contribution in [0.3, 0.4) is 0 Å². The van der Waals surface area contributed by atoms with Crippen LogP contribution in [-0.4, -0.2) is 55.8 Å². The molecule has 2 aromatic rings. The highest BCUT2D eigenvalue weighted by Crippen LogP contribution is 2.49. The normalized spacial score (nSPS) is 21.8. The molecule has 31 heavy (non-hydrogen) atoms. The molecule has 0 bridgehead atoms. The second kappa shape index (κ2) is 9.33. The number of aryl methyl sites for hydroxylation is 1. The summed E-state index contributed by atoms with van der Waals surface area (Å²) in [5, 5.41) is 3.95. The van der Waals surface area contributed by atoms with Gasteiger partial charge in [0.05, 0.1) is 11.5 Å². The van der Waals surface area contributed by atoms with E-state index in [0.29, 0.717) is 49.0 Å². The molecule has 0 spiro atoms. The third-order valence-corrected chi connectivity index (χ3v) is 7.31. The van der Waals surface area contributed by atoms with Crippen LogP contribution in [0.2, 0.25) is 0 Å². The molecule has 0 amide bonds. The number of pyridine rings is 1. The zero-order chi connectivity index (χ0) is 21.8. The lowest BCUT2D eigenvalue weighted by molar-refractivity contribution is -0.107. The van der Waals surface area contributed by atoms with Gasteiger partial charge in [0.2, 0.25) is 5.88 Å². The first kappa shape index (κ1) is 21.7. The van der Waals surface area contributed by atoms with Crippen LogP contribution in [0, 0.1) is 17.8 Å². The van der Waals surface area contributed by atoms with Crippen molar-refractivity contribution in [2.75, 3.05) is 30.9 Å². The topological polar surface area (TPSA) is 115 Å². The van der Waals surface area contributed by atoms with Crippen molar-refractivity contribution in [2.24, 2.45) is 17.8 Å². The maximum atomic E-state index is 11.5. The Morgan fingerprint density at radius 3 is 2.77 bits per heavy atom. The maximum absolute atomic E-state index is 11.5. The number of nitrogens with zero attached hydrogens (tertiary/aromatic N) is 4. The number of ether oxygens (including phenoxy) is 1. The van der Waals surface area contributed by atoms with Gasteiger partial charge < -0.3 is 19.0 Å². The van der Waals surface area contributed by atoms with Gasteiger partial charge in [-0.05, 0) is 49.5 Å². The molecule has 1 saturated heterocycles. The van der Waals surface area contributed by atoms with Crippen LogP contribution in [-0.2, 0) is 21.1 Å². The number of sulfone groups is 1. The second-order valence-corrected chi connectivity index (χ2v) is 10.4. The lowest BCUT2D eigenvalue weighted by Crippen LogP contribution is -2.34. The Bertz CT molecular complexity index is 983. The van der Waals surface area contributed by atoms with E-state index in [4.69, 9.17) is 9.26 Å². The molecular weight excluding hydrogens is 420 g/mol. The summed E-state index contributed by atoms with van der Waals surface area (Å²) in [5.74, 6) is 3.20. The number of carbonyl (C=O) groups is 1. The number of anilines is 1. The molecule has 1 unspecified atom stereocenters. The zero-order valence-electron chi connectivity index (χ0n) is 17.6. The van der Waals surface area contributed by atoms with Crippen LogP contribution in [0.15, 0.2) is 27.7 Å². The molecule has 168 valence electrons. The summed E-state index contributed by atoms with van der Waals surface area (Å²) < 4.78 is 34.0. The Kier molecular flexibility index (Phi) is 6.54. The average Bonchev–Trinajstić information content (AvgIpc) is 3.38. The number of hydrogen-bond donors (Lipinski definition) is 0. The van der Waals surface area contributed by atoms with Crippen LogP contribution in [0.5, 0.6) is 5.88 Å². The van der Waals surface area contributed by atoms with E-state index < -0.39 is 9.84 Å². The Labute approximate surface area is 182 Å². The lowest BCUT2D eigenvalue weighted by atomic mass is 9.91. The molecule has 2 aromatic heterocycles. The molecule has 1 aliphatic heterocycles. The molecule has 0 aromatic carbocycles. The molecule has 4 rings (SSSR count). The van der Waals surface area contributed by atoms with Gasteiger partial charge in [0.1, 0.15) is 6.29 Å². The number of aldehydes is 1. The van der Waals surface area contributed by atoms with Crippen LogP contribution >= 0.6 is 0 Å². The fourth-order valence-electron chi connectivity index (χ4n) is 4.35. The van der Waals surface area contributed by atoms with Gasteiger partial charge in [-0.2, -0.15) is 4.98 Å². The Morgan fingerprint density at radius 2 is 2.10 bits per heavy atom. The number of hydrogen-bond acceptors (Lipinski definition) is 9. The van der Waals surface area contributed by atoms with E-state index in [1.165, 1.54) is 18.7 Å². The van der Waals surface area contributed by atoms with Gasteiger partial charge in [-0.3, -0.25) is 0 Å². The molecular formula is C21H28N4O5S. The highest BCUT2D eigenvalue weighted by molar-refractivity contribution is 7.90. The Morgan fingerprint density at radius 1 is 1.29 bits per heavy atom. The van der Waals surface area contributed by atoms with E-state index in [-0.39, 0.29) is 4.90 Å². The predicted octanol–water partition coefficient (Wildman–Crippen LogP) is 2.32. The molecule has 3 heterocycles. The maximum Gasteiger partial charge on any atom is 0.324 e. The number of aromatic nitrogens is 3. The Hall–Kier alpha value is -2.49. The fourth-order valence-corrected chi connectivity index (χ4v) is 4.91. The van der Waals surface area contributed by atoms with E-state index in [1.807, 2.05) is 0 Å². The van der Waals surface area contributed by atoms with Crippen molar-refractivity contribution in [2.45, 2.75) is 43.4 Å². The summed E-state index contributed by atoms with van der Waals surface area (Å²) in [6.45, 7) is 2.42. The number of rotatable bonds is 10. The predicted molar refractivity (Wildman–Crippen MR) is 113 cm³/mol. The van der Waals surface area contributed by atoms with Crippen LogP contribution in [0.1, 0.15) is 37.9 Å². The van der Waals surface area contributed by atoms with E-state index in [9.17, 15) is 13.2 Å². The van der Waals surface area contributed by atoms with Gasteiger partial charge in [0, 0.05) is 44.5 Å². The lowest BCUT2D eigenvalue weighted by Gasteiger charge is -2.30. The van der Waals surface area contributed by atoms with E-state index in [0.717, 1.165) is 50.8 Å². The highest BCUT2D eigenvalue weighted by Gasteiger charge is 2.43. The quantitative estimate of drug-likeness (QED) is 0.505. The van der Waals surface area contributed by atoms with Crippen molar-refractivity contribution in [3.05, 3.63) is 24.2 Å². The Balaban J connectivity index is 1.16. The van der Waals surface area contributed by atoms with E-state index >= 15 is 0 Å². The van der Waals surface area contributed by atoms with Gasteiger partial charge in [-0.1, -0.05) is 5.16 Å². The van der Waals surface area contributed by atoms with Crippen molar-refractivity contribution in [3.63, 3.8) is 0 Å². The minimum atomic E-state index is -3.24.